The normalized spacial score (nSPS) is 10.5. The molecule has 1 aromatic rings. The van der Waals surface area contributed by atoms with Crippen LogP contribution in [0.1, 0.15) is 11.1 Å². The number of nitrogens with one attached hydrogen (secondary N) is 1. The summed E-state index contributed by atoms with van der Waals surface area (Å²) in [7, 11) is 1.93. The van der Waals surface area contributed by atoms with E-state index in [2.05, 4.69) is 5.32 Å². The topological polar surface area (TPSA) is 12.0 Å². The summed E-state index contributed by atoms with van der Waals surface area (Å²) in [6.45, 7) is 2.96. The fraction of sp³-hybridized carbons (Fsp3) is 0.400. The minimum Gasteiger partial charge on any atom is -0.319 e. The first-order valence-electron chi connectivity index (χ1n) is 4.24. The molecule has 0 bridgehead atoms. The van der Waals surface area contributed by atoms with E-state index in [1.807, 2.05) is 20.0 Å². The predicted molar refractivity (Wildman–Crippen MR) is 58.8 cm³/mol. The molecule has 1 aromatic carbocycles. The first-order chi connectivity index (χ1) is 6.15. The molecule has 0 aromatic heterocycles. The summed E-state index contributed by atoms with van der Waals surface area (Å²) < 4.78 is 0. The van der Waals surface area contributed by atoms with Gasteiger partial charge in [-0.05, 0) is 50.2 Å². The Morgan fingerprint density at radius 2 is 2.00 bits per heavy atom. The molecule has 0 spiro atoms. The lowest BCUT2D eigenvalue weighted by molar-refractivity contribution is 0.789. The van der Waals surface area contributed by atoms with Crippen molar-refractivity contribution in [3.63, 3.8) is 0 Å². The molecule has 0 heterocycles. The summed E-state index contributed by atoms with van der Waals surface area (Å²) in [6, 6.07) is 3.75. The van der Waals surface area contributed by atoms with Crippen LogP contribution in [-0.4, -0.2) is 13.6 Å². The second-order valence-corrected chi connectivity index (χ2v) is 3.87. The summed E-state index contributed by atoms with van der Waals surface area (Å²) in [4.78, 5) is 0. The molecule has 1 rings (SSSR count). The van der Waals surface area contributed by atoms with Gasteiger partial charge in [0.2, 0.25) is 0 Å². The average molecular weight is 218 g/mol. The molecular formula is C10H13Cl2N. The molecule has 0 aliphatic rings. The fourth-order valence-electron chi connectivity index (χ4n) is 1.22. The molecule has 0 unspecified atom stereocenters. The van der Waals surface area contributed by atoms with Crippen LogP contribution in [0.2, 0.25) is 10.0 Å². The predicted octanol–water partition coefficient (Wildman–Crippen LogP) is 3.06. The minimum atomic E-state index is 0.710. The smallest absolute Gasteiger partial charge is 0.0452 e. The molecule has 0 aliphatic heterocycles. The van der Waals surface area contributed by atoms with Crippen molar-refractivity contribution >= 4 is 23.2 Å². The van der Waals surface area contributed by atoms with Crippen LogP contribution in [-0.2, 0) is 6.42 Å². The fourth-order valence-corrected chi connectivity index (χ4v) is 1.75. The lowest BCUT2D eigenvalue weighted by Gasteiger charge is -2.07. The van der Waals surface area contributed by atoms with E-state index < -0.39 is 0 Å². The van der Waals surface area contributed by atoms with Crippen molar-refractivity contribution in [3.05, 3.63) is 33.3 Å². The lowest BCUT2D eigenvalue weighted by Crippen LogP contribution is -2.11. The first-order valence-corrected chi connectivity index (χ1v) is 5.00. The SMILES string of the molecule is CNCCc1cc(Cl)cc(Cl)c1C. The number of benzene rings is 1. The van der Waals surface area contributed by atoms with Gasteiger partial charge in [0.1, 0.15) is 0 Å². The van der Waals surface area contributed by atoms with Crippen molar-refractivity contribution in [2.75, 3.05) is 13.6 Å². The van der Waals surface area contributed by atoms with E-state index in [4.69, 9.17) is 23.2 Å². The van der Waals surface area contributed by atoms with Gasteiger partial charge in [0.25, 0.3) is 0 Å². The molecule has 0 amide bonds. The zero-order valence-corrected chi connectivity index (χ0v) is 9.34. The molecule has 13 heavy (non-hydrogen) atoms. The van der Waals surface area contributed by atoms with Gasteiger partial charge in [0, 0.05) is 10.0 Å². The Kier molecular flexibility index (Phi) is 4.04. The van der Waals surface area contributed by atoms with Crippen LogP contribution in [0.3, 0.4) is 0 Å². The van der Waals surface area contributed by atoms with Gasteiger partial charge >= 0.3 is 0 Å². The third-order valence-electron chi connectivity index (χ3n) is 2.06. The van der Waals surface area contributed by atoms with Crippen molar-refractivity contribution in [1.29, 1.82) is 0 Å². The average Bonchev–Trinajstić information content (AvgIpc) is 2.09. The van der Waals surface area contributed by atoms with E-state index in [0.29, 0.717) is 5.02 Å². The van der Waals surface area contributed by atoms with Crippen LogP contribution in [0, 0.1) is 6.92 Å². The highest BCUT2D eigenvalue weighted by atomic mass is 35.5. The van der Waals surface area contributed by atoms with Crippen LogP contribution in [0.25, 0.3) is 0 Å². The van der Waals surface area contributed by atoms with E-state index in [0.717, 1.165) is 23.6 Å². The molecule has 0 aliphatic carbocycles. The second-order valence-electron chi connectivity index (χ2n) is 3.03. The van der Waals surface area contributed by atoms with Crippen molar-refractivity contribution in [2.45, 2.75) is 13.3 Å². The molecule has 3 heteroatoms. The Hall–Kier alpha value is -0.240. The number of likely N-dealkylation sites (N-methyl/N-ethyl adjacent to an activating group) is 1. The van der Waals surface area contributed by atoms with Gasteiger partial charge < -0.3 is 5.32 Å². The van der Waals surface area contributed by atoms with Crippen molar-refractivity contribution in [3.8, 4) is 0 Å². The number of halogens is 2. The summed E-state index contributed by atoms with van der Waals surface area (Å²) in [5.74, 6) is 0. The van der Waals surface area contributed by atoms with Gasteiger partial charge in [0.05, 0.1) is 0 Å². The molecule has 0 fully saturated rings. The molecule has 1 N–H and O–H groups in total. The summed E-state index contributed by atoms with van der Waals surface area (Å²) in [5.41, 5.74) is 2.34. The molecule has 0 radical (unpaired) electrons. The monoisotopic (exact) mass is 217 g/mol. The van der Waals surface area contributed by atoms with Crippen LogP contribution in [0.5, 0.6) is 0 Å². The van der Waals surface area contributed by atoms with Gasteiger partial charge in [-0.2, -0.15) is 0 Å². The highest BCUT2D eigenvalue weighted by Gasteiger charge is 2.03. The zero-order chi connectivity index (χ0) is 9.84. The third kappa shape index (κ3) is 2.87. The van der Waals surface area contributed by atoms with E-state index in [9.17, 15) is 0 Å². The van der Waals surface area contributed by atoms with Crippen molar-refractivity contribution < 1.29 is 0 Å². The summed E-state index contributed by atoms with van der Waals surface area (Å²) in [6.07, 6.45) is 0.961. The largest absolute Gasteiger partial charge is 0.319 e. The molecule has 0 saturated heterocycles. The maximum absolute atomic E-state index is 5.99. The molecular weight excluding hydrogens is 205 g/mol. The molecule has 0 saturated carbocycles. The molecule has 72 valence electrons. The highest BCUT2D eigenvalue weighted by molar-refractivity contribution is 6.35. The van der Waals surface area contributed by atoms with E-state index in [1.165, 1.54) is 5.56 Å². The van der Waals surface area contributed by atoms with Gasteiger partial charge in [-0.15, -0.1) is 0 Å². The Balaban J connectivity index is 2.92. The van der Waals surface area contributed by atoms with Crippen molar-refractivity contribution in [1.82, 2.24) is 5.32 Å². The molecule has 0 atom stereocenters. The zero-order valence-electron chi connectivity index (χ0n) is 7.82. The quantitative estimate of drug-likeness (QED) is 0.822. The first kappa shape index (κ1) is 10.8. The third-order valence-corrected chi connectivity index (χ3v) is 2.67. The Labute approximate surface area is 89.0 Å². The Morgan fingerprint density at radius 1 is 1.31 bits per heavy atom. The lowest BCUT2D eigenvalue weighted by atomic mass is 10.1. The second kappa shape index (κ2) is 4.85. The van der Waals surface area contributed by atoms with E-state index in [1.54, 1.807) is 6.07 Å². The standard InChI is InChI=1S/C10H13Cl2N/c1-7-8(3-4-13-2)5-9(11)6-10(7)12/h5-6,13H,3-4H2,1-2H3. The minimum absolute atomic E-state index is 0.710. The molecule has 1 nitrogen and oxygen atoms in total. The Bertz CT molecular complexity index is 297. The number of hydrogen-bond acceptors (Lipinski definition) is 1. The highest BCUT2D eigenvalue weighted by Crippen LogP contribution is 2.24. The van der Waals surface area contributed by atoms with Crippen molar-refractivity contribution in [2.24, 2.45) is 0 Å². The summed E-state index contributed by atoms with van der Waals surface area (Å²) >= 11 is 11.9. The summed E-state index contributed by atoms with van der Waals surface area (Å²) in [5, 5.41) is 4.55. The van der Waals surface area contributed by atoms with Gasteiger partial charge in [0.15, 0.2) is 0 Å². The Morgan fingerprint density at radius 3 is 2.62 bits per heavy atom. The van der Waals surface area contributed by atoms with Crippen LogP contribution < -0.4 is 5.32 Å². The van der Waals surface area contributed by atoms with E-state index in [-0.39, 0.29) is 0 Å². The number of rotatable bonds is 3. The van der Waals surface area contributed by atoms with Crippen LogP contribution in [0.4, 0.5) is 0 Å². The number of hydrogen-bond donors (Lipinski definition) is 1. The van der Waals surface area contributed by atoms with Gasteiger partial charge in [-0.1, -0.05) is 23.2 Å². The van der Waals surface area contributed by atoms with E-state index >= 15 is 0 Å². The van der Waals surface area contributed by atoms with Gasteiger partial charge in [-0.3, -0.25) is 0 Å². The van der Waals surface area contributed by atoms with Crippen LogP contribution in [0.15, 0.2) is 12.1 Å². The maximum atomic E-state index is 5.99. The maximum Gasteiger partial charge on any atom is 0.0452 e. The van der Waals surface area contributed by atoms with Gasteiger partial charge in [-0.25, -0.2) is 0 Å². The van der Waals surface area contributed by atoms with Crippen LogP contribution >= 0.6 is 23.2 Å².